The van der Waals surface area contributed by atoms with Gasteiger partial charge in [0.2, 0.25) is 0 Å². The number of rotatable bonds is 3. The van der Waals surface area contributed by atoms with E-state index < -0.39 is 17.2 Å². The molecule has 0 aliphatic rings. The number of pyridine rings is 1. The molecule has 0 aliphatic carbocycles. The molecule has 0 bridgehead atoms. The second-order valence-corrected chi connectivity index (χ2v) is 8.26. The monoisotopic (exact) mass is 328 g/mol. The Hall–Kier alpha value is -0.880. The molecule has 1 aromatic carbocycles. The number of nitrogens with one attached hydrogen (secondary N) is 1. The summed E-state index contributed by atoms with van der Waals surface area (Å²) in [7, 11) is 0. The summed E-state index contributed by atoms with van der Waals surface area (Å²) in [5, 5.41) is 0.892. The van der Waals surface area contributed by atoms with Crippen LogP contribution in [-0.2, 0) is 11.4 Å². The minimum atomic E-state index is -1.22. The summed E-state index contributed by atoms with van der Waals surface area (Å²) < 4.78 is 28.5. The highest BCUT2D eigenvalue weighted by Gasteiger charge is 2.29. The van der Waals surface area contributed by atoms with Gasteiger partial charge in [0.25, 0.3) is 0 Å². The standard InChI is InChI=1S/C15H18ClFN2OS/c1-9(19-21(20)15(2,3)4)11-8-10-6-5-7-12(17)13(10)18-14(11)16/h5-9,19H,1-4H3/t9?,21-/m0/s1. The molecular formula is C15H18ClFN2OS. The van der Waals surface area contributed by atoms with Crippen LogP contribution in [0.3, 0.4) is 0 Å². The number of benzene rings is 1. The number of hydrogen-bond acceptors (Lipinski definition) is 3. The molecule has 1 heterocycles. The SMILES string of the molecule is CC(N[S@@+]([O-])C(C)(C)C)c1cc2cccc(F)c2nc1Cl. The molecule has 1 aromatic heterocycles. The van der Waals surface area contributed by atoms with Crippen LogP contribution in [0.4, 0.5) is 4.39 Å². The summed E-state index contributed by atoms with van der Waals surface area (Å²) in [6.07, 6.45) is 0. The van der Waals surface area contributed by atoms with Crippen molar-refractivity contribution in [2.45, 2.75) is 38.5 Å². The predicted octanol–water partition coefficient (Wildman–Crippen LogP) is 4.14. The summed E-state index contributed by atoms with van der Waals surface area (Å²) in [4.78, 5) is 4.12. The lowest BCUT2D eigenvalue weighted by Gasteiger charge is -2.26. The molecule has 2 atom stereocenters. The number of aromatic nitrogens is 1. The highest BCUT2D eigenvalue weighted by Crippen LogP contribution is 2.28. The Morgan fingerprint density at radius 1 is 1.38 bits per heavy atom. The van der Waals surface area contributed by atoms with Gasteiger partial charge in [-0.1, -0.05) is 23.7 Å². The Morgan fingerprint density at radius 3 is 2.67 bits per heavy atom. The first kappa shape index (κ1) is 16.5. The topological polar surface area (TPSA) is 48.0 Å². The average Bonchev–Trinajstić information content (AvgIpc) is 2.38. The highest BCUT2D eigenvalue weighted by atomic mass is 35.5. The van der Waals surface area contributed by atoms with E-state index in [1.807, 2.05) is 27.7 Å². The maximum atomic E-state index is 13.7. The van der Waals surface area contributed by atoms with Crippen LogP contribution in [0.5, 0.6) is 0 Å². The van der Waals surface area contributed by atoms with E-state index in [4.69, 9.17) is 11.6 Å². The Morgan fingerprint density at radius 2 is 2.05 bits per heavy atom. The zero-order valence-corrected chi connectivity index (χ0v) is 14.0. The van der Waals surface area contributed by atoms with Crippen molar-refractivity contribution in [3.63, 3.8) is 0 Å². The summed E-state index contributed by atoms with van der Waals surface area (Å²) in [6.45, 7) is 7.52. The Bertz CT molecular complexity index is 660. The third-order valence-corrected chi connectivity index (χ3v) is 5.07. The smallest absolute Gasteiger partial charge is 0.149 e. The molecule has 3 nitrogen and oxygen atoms in total. The zero-order valence-electron chi connectivity index (χ0n) is 12.4. The van der Waals surface area contributed by atoms with Crippen LogP contribution in [0.15, 0.2) is 24.3 Å². The molecule has 0 fully saturated rings. The molecule has 2 rings (SSSR count). The van der Waals surface area contributed by atoms with Gasteiger partial charge in [0.1, 0.15) is 21.2 Å². The first-order valence-corrected chi connectivity index (χ1v) is 8.15. The van der Waals surface area contributed by atoms with E-state index in [0.29, 0.717) is 10.9 Å². The normalized spacial score (nSPS) is 15.2. The van der Waals surface area contributed by atoms with E-state index in [-0.39, 0.29) is 21.5 Å². The van der Waals surface area contributed by atoms with Crippen LogP contribution in [0, 0.1) is 5.82 Å². The van der Waals surface area contributed by atoms with Gasteiger partial charge in [0.15, 0.2) is 0 Å². The van der Waals surface area contributed by atoms with Gasteiger partial charge in [-0.25, -0.2) is 9.37 Å². The van der Waals surface area contributed by atoms with E-state index >= 15 is 0 Å². The minimum Gasteiger partial charge on any atom is -0.598 e. The molecule has 1 N–H and O–H groups in total. The highest BCUT2D eigenvalue weighted by molar-refractivity contribution is 7.90. The molecule has 114 valence electrons. The van der Waals surface area contributed by atoms with E-state index in [1.165, 1.54) is 6.07 Å². The third kappa shape index (κ3) is 3.66. The molecule has 0 saturated carbocycles. The van der Waals surface area contributed by atoms with Gasteiger partial charge in [0.05, 0.1) is 6.04 Å². The molecule has 0 aliphatic heterocycles. The fourth-order valence-corrected chi connectivity index (χ4v) is 2.97. The lowest BCUT2D eigenvalue weighted by atomic mass is 10.1. The quantitative estimate of drug-likeness (QED) is 0.680. The Labute approximate surface area is 132 Å². The Balaban J connectivity index is 2.36. The van der Waals surface area contributed by atoms with Crippen molar-refractivity contribution >= 4 is 33.9 Å². The predicted molar refractivity (Wildman–Crippen MR) is 86.2 cm³/mol. The van der Waals surface area contributed by atoms with E-state index in [1.54, 1.807) is 18.2 Å². The van der Waals surface area contributed by atoms with Crippen molar-refractivity contribution in [2.75, 3.05) is 0 Å². The number of fused-ring (bicyclic) bond motifs is 1. The molecule has 0 radical (unpaired) electrons. The molecule has 0 spiro atoms. The minimum absolute atomic E-state index is 0.221. The van der Waals surface area contributed by atoms with Crippen molar-refractivity contribution in [2.24, 2.45) is 0 Å². The summed E-state index contributed by atoms with van der Waals surface area (Å²) >= 11 is 4.93. The van der Waals surface area contributed by atoms with Crippen LogP contribution >= 0.6 is 11.6 Å². The van der Waals surface area contributed by atoms with E-state index in [2.05, 4.69) is 9.71 Å². The molecule has 0 amide bonds. The second-order valence-electron chi connectivity index (χ2n) is 5.90. The number of hydrogen-bond donors (Lipinski definition) is 1. The van der Waals surface area contributed by atoms with Crippen molar-refractivity contribution in [1.29, 1.82) is 0 Å². The molecule has 0 saturated heterocycles. The van der Waals surface area contributed by atoms with Gasteiger partial charge in [-0.2, -0.15) is 0 Å². The van der Waals surface area contributed by atoms with Crippen LogP contribution in [0.25, 0.3) is 10.9 Å². The lowest BCUT2D eigenvalue weighted by Crippen LogP contribution is -2.40. The van der Waals surface area contributed by atoms with Crippen molar-refractivity contribution in [3.05, 3.63) is 40.8 Å². The third-order valence-electron chi connectivity index (χ3n) is 3.08. The summed E-state index contributed by atoms with van der Waals surface area (Å²) in [6, 6.07) is 6.28. The molecule has 21 heavy (non-hydrogen) atoms. The van der Waals surface area contributed by atoms with Crippen molar-refractivity contribution < 1.29 is 8.94 Å². The largest absolute Gasteiger partial charge is 0.598 e. The van der Waals surface area contributed by atoms with Gasteiger partial charge in [-0.15, -0.1) is 4.72 Å². The van der Waals surface area contributed by atoms with Crippen molar-refractivity contribution in [1.82, 2.24) is 9.71 Å². The van der Waals surface area contributed by atoms with E-state index in [0.717, 1.165) is 0 Å². The molecular weight excluding hydrogens is 311 g/mol. The maximum absolute atomic E-state index is 13.7. The average molecular weight is 329 g/mol. The fourth-order valence-electron chi connectivity index (χ4n) is 1.86. The van der Waals surface area contributed by atoms with Crippen LogP contribution < -0.4 is 4.72 Å². The van der Waals surface area contributed by atoms with Crippen LogP contribution in [0.2, 0.25) is 5.15 Å². The molecule has 6 heteroatoms. The van der Waals surface area contributed by atoms with Gasteiger partial charge >= 0.3 is 0 Å². The maximum Gasteiger partial charge on any atom is 0.149 e. The second kappa shape index (κ2) is 6.08. The number of halogens is 2. The van der Waals surface area contributed by atoms with Gasteiger partial charge in [0, 0.05) is 22.3 Å². The summed E-state index contributed by atoms with van der Waals surface area (Å²) in [5.41, 5.74) is 0.947. The van der Waals surface area contributed by atoms with Gasteiger partial charge in [-0.05, 0) is 39.8 Å². The Kier molecular flexibility index (Phi) is 4.78. The number of para-hydroxylation sites is 1. The first-order chi connectivity index (χ1) is 9.70. The molecule has 1 unspecified atom stereocenters. The lowest BCUT2D eigenvalue weighted by molar-refractivity contribution is 0.531. The van der Waals surface area contributed by atoms with Crippen LogP contribution in [-0.4, -0.2) is 14.3 Å². The van der Waals surface area contributed by atoms with E-state index in [9.17, 15) is 8.94 Å². The summed E-state index contributed by atoms with van der Waals surface area (Å²) in [5.74, 6) is -0.403. The molecule has 2 aromatic rings. The van der Waals surface area contributed by atoms with Crippen LogP contribution in [0.1, 0.15) is 39.3 Å². The van der Waals surface area contributed by atoms with Gasteiger partial charge in [-0.3, -0.25) is 0 Å². The fraction of sp³-hybridized carbons (Fsp3) is 0.400. The number of nitrogens with zero attached hydrogens (tertiary/aromatic N) is 1. The first-order valence-electron chi connectivity index (χ1n) is 6.63. The van der Waals surface area contributed by atoms with Crippen molar-refractivity contribution in [3.8, 4) is 0 Å². The van der Waals surface area contributed by atoms with Gasteiger partial charge < -0.3 is 4.55 Å². The zero-order chi connectivity index (χ0) is 15.8.